The molecule has 0 radical (unpaired) electrons. The van der Waals surface area contributed by atoms with Gasteiger partial charge in [-0.3, -0.25) is 4.98 Å². The molecule has 0 spiro atoms. The summed E-state index contributed by atoms with van der Waals surface area (Å²) in [6, 6.07) is 1.98. The molecule has 4 heterocycles. The summed E-state index contributed by atoms with van der Waals surface area (Å²) in [4.78, 5) is 18.6. The first-order valence-electron chi connectivity index (χ1n) is 10.8. The Hall–Kier alpha value is -2.78. The number of hydrogen-bond acceptors (Lipinski definition) is 8. The fourth-order valence-corrected chi connectivity index (χ4v) is 3.69. The van der Waals surface area contributed by atoms with Gasteiger partial charge >= 0.3 is 6.09 Å². The van der Waals surface area contributed by atoms with Gasteiger partial charge in [0.1, 0.15) is 5.60 Å². The van der Waals surface area contributed by atoms with Crippen LogP contribution in [0.4, 0.5) is 4.79 Å². The summed E-state index contributed by atoms with van der Waals surface area (Å²) >= 11 is 0. The van der Waals surface area contributed by atoms with Gasteiger partial charge in [-0.1, -0.05) is 6.08 Å². The highest BCUT2D eigenvalue weighted by Crippen LogP contribution is 2.33. The fraction of sp³-hybridized carbons (Fsp3) is 0.565. The fourth-order valence-electron chi connectivity index (χ4n) is 3.69. The zero-order valence-corrected chi connectivity index (χ0v) is 19.5. The number of aryl methyl sites for hydroxylation is 1. The lowest BCUT2D eigenvalue weighted by atomic mass is 10.00. The Balaban J connectivity index is 1.45. The summed E-state index contributed by atoms with van der Waals surface area (Å²) in [5.74, 6) is 0.125. The molecule has 1 amide bonds. The average Bonchev–Trinajstić information content (AvgIpc) is 3.33. The first-order valence-corrected chi connectivity index (χ1v) is 10.8. The molecule has 2 aliphatic heterocycles. The molecule has 4 rings (SSSR count). The molecule has 0 N–H and O–H groups in total. The Bertz CT molecular complexity index is 1040. The van der Waals surface area contributed by atoms with Crippen molar-refractivity contribution in [1.82, 2.24) is 20.1 Å². The molecule has 9 nitrogen and oxygen atoms in total. The van der Waals surface area contributed by atoms with Crippen LogP contribution in [0.2, 0.25) is 0 Å². The zero-order valence-electron chi connectivity index (χ0n) is 19.5. The summed E-state index contributed by atoms with van der Waals surface area (Å²) in [5, 5.41) is 8.28. The van der Waals surface area contributed by atoms with Crippen molar-refractivity contribution in [3.8, 4) is 11.5 Å². The minimum atomic E-state index is -0.661. The van der Waals surface area contributed by atoms with E-state index in [4.69, 9.17) is 18.6 Å². The summed E-state index contributed by atoms with van der Waals surface area (Å²) in [7, 11) is 0. The molecule has 172 valence electrons. The molecule has 2 aliphatic rings. The van der Waals surface area contributed by atoms with Gasteiger partial charge in [-0.25, -0.2) is 4.79 Å². The third-order valence-electron chi connectivity index (χ3n) is 5.21. The standard InChI is InChI=1S/C23H30N4O5/c1-14-11-16(19-25-26-20(30-19)17-13-29-23(5,6)31-17)12-24-18(14)15-7-9-27(10-8-15)21(28)32-22(2,3)4/h7,11-12,17H,8-10,13H2,1-6H3/t17-/m0/s1. The summed E-state index contributed by atoms with van der Waals surface area (Å²) in [6.07, 6.45) is 3.81. The lowest BCUT2D eigenvalue weighted by molar-refractivity contribution is -0.141. The number of carbonyl (C=O) groups is 1. The van der Waals surface area contributed by atoms with Crippen molar-refractivity contribution < 1.29 is 23.4 Å². The largest absolute Gasteiger partial charge is 0.444 e. The van der Waals surface area contributed by atoms with Crippen molar-refractivity contribution in [3.05, 3.63) is 35.5 Å². The molecule has 0 unspecified atom stereocenters. The number of amides is 1. The van der Waals surface area contributed by atoms with Gasteiger partial charge in [0.05, 0.1) is 17.9 Å². The molecule has 1 atom stereocenters. The van der Waals surface area contributed by atoms with Gasteiger partial charge in [-0.2, -0.15) is 0 Å². The Morgan fingerprint density at radius 3 is 2.66 bits per heavy atom. The van der Waals surface area contributed by atoms with Crippen LogP contribution < -0.4 is 0 Å². The van der Waals surface area contributed by atoms with Crippen molar-refractivity contribution in [1.29, 1.82) is 0 Å². The number of ether oxygens (including phenoxy) is 3. The highest BCUT2D eigenvalue weighted by molar-refractivity contribution is 5.73. The number of carbonyl (C=O) groups excluding carboxylic acids is 1. The van der Waals surface area contributed by atoms with E-state index in [1.54, 1.807) is 11.1 Å². The van der Waals surface area contributed by atoms with Crippen LogP contribution in [0, 0.1) is 6.92 Å². The molecule has 2 aromatic rings. The van der Waals surface area contributed by atoms with Gasteiger partial charge in [0.15, 0.2) is 11.9 Å². The van der Waals surface area contributed by atoms with E-state index < -0.39 is 11.4 Å². The molecule has 0 aromatic carbocycles. The number of pyridine rings is 1. The second-order valence-corrected chi connectivity index (χ2v) is 9.56. The second-order valence-electron chi connectivity index (χ2n) is 9.56. The average molecular weight is 443 g/mol. The van der Waals surface area contributed by atoms with E-state index in [1.165, 1.54) is 0 Å². The molecule has 9 heteroatoms. The lowest BCUT2D eigenvalue weighted by Crippen LogP contribution is -2.39. The van der Waals surface area contributed by atoms with Gasteiger partial charge in [0, 0.05) is 19.3 Å². The maximum atomic E-state index is 12.3. The number of rotatable bonds is 3. The molecule has 0 aliphatic carbocycles. The van der Waals surface area contributed by atoms with Gasteiger partial charge < -0.3 is 23.5 Å². The first-order chi connectivity index (χ1) is 15.0. The van der Waals surface area contributed by atoms with Gasteiger partial charge in [-0.05, 0) is 65.2 Å². The Morgan fingerprint density at radius 1 is 1.28 bits per heavy atom. The molecule has 1 fully saturated rings. The number of aromatic nitrogens is 3. The number of hydrogen-bond donors (Lipinski definition) is 0. The Labute approximate surface area is 187 Å². The zero-order chi connectivity index (χ0) is 23.1. The monoisotopic (exact) mass is 442 g/mol. The van der Waals surface area contributed by atoms with Crippen LogP contribution in [0.15, 0.2) is 22.8 Å². The van der Waals surface area contributed by atoms with Gasteiger partial charge in [-0.15, -0.1) is 10.2 Å². The maximum absolute atomic E-state index is 12.3. The van der Waals surface area contributed by atoms with Crippen LogP contribution in [0.25, 0.3) is 17.0 Å². The number of nitrogens with zero attached hydrogens (tertiary/aromatic N) is 4. The molecule has 0 bridgehead atoms. The molecule has 1 saturated heterocycles. The second kappa shape index (κ2) is 8.29. The highest BCUT2D eigenvalue weighted by atomic mass is 16.7. The molecule has 2 aromatic heterocycles. The predicted molar refractivity (Wildman–Crippen MR) is 117 cm³/mol. The van der Waals surface area contributed by atoms with Gasteiger partial charge in [0.2, 0.25) is 11.8 Å². The summed E-state index contributed by atoms with van der Waals surface area (Å²) < 4.78 is 22.6. The van der Waals surface area contributed by atoms with Crippen molar-refractivity contribution in [3.63, 3.8) is 0 Å². The van der Waals surface area contributed by atoms with E-state index >= 15 is 0 Å². The van der Waals surface area contributed by atoms with Gasteiger partial charge in [0.25, 0.3) is 0 Å². The van der Waals surface area contributed by atoms with E-state index in [-0.39, 0.29) is 12.2 Å². The summed E-state index contributed by atoms with van der Waals surface area (Å²) in [5.41, 5.74) is 3.26. The molecule has 0 saturated carbocycles. The lowest BCUT2D eigenvalue weighted by Gasteiger charge is -2.29. The van der Waals surface area contributed by atoms with Crippen LogP contribution in [-0.2, 0) is 14.2 Å². The van der Waals surface area contributed by atoms with E-state index in [0.717, 1.165) is 22.4 Å². The predicted octanol–water partition coefficient (Wildman–Crippen LogP) is 4.29. The molecular formula is C23H30N4O5. The normalized spacial score (nSPS) is 20.9. The van der Waals surface area contributed by atoms with E-state index in [2.05, 4.69) is 15.2 Å². The quantitative estimate of drug-likeness (QED) is 0.694. The van der Waals surface area contributed by atoms with Crippen molar-refractivity contribution in [2.24, 2.45) is 0 Å². The topological polar surface area (TPSA) is 99.8 Å². The van der Waals surface area contributed by atoms with Crippen LogP contribution in [-0.4, -0.2) is 57.3 Å². The first kappa shape index (κ1) is 22.4. The minimum absolute atomic E-state index is 0.292. The maximum Gasteiger partial charge on any atom is 0.410 e. The highest BCUT2D eigenvalue weighted by Gasteiger charge is 2.37. The smallest absolute Gasteiger partial charge is 0.410 e. The van der Waals surface area contributed by atoms with E-state index in [0.29, 0.717) is 37.9 Å². The Kier molecular flexibility index (Phi) is 5.81. The van der Waals surface area contributed by atoms with Crippen molar-refractivity contribution in [2.45, 2.75) is 65.5 Å². The van der Waals surface area contributed by atoms with Crippen LogP contribution in [0.5, 0.6) is 0 Å². The van der Waals surface area contributed by atoms with Crippen LogP contribution in [0.3, 0.4) is 0 Å². The van der Waals surface area contributed by atoms with Crippen molar-refractivity contribution in [2.75, 3.05) is 19.7 Å². The van der Waals surface area contributed by atoms with E-state index in [1.807, 2.05) is 53.7 Å². The van der Waals surface area contributed by atoms with Crippen molar-refractivity contribution >= 4 is 11.7 Å². The van der Waals surface area contributed by atoms with E-state index in [9.17, 15) is 4.79 Å². The SMILES string of the molecule is Cc1cc(-c2nnc([C@@H]3COC(C)(C)O3)o2)cnc1C1=CCN(C(=O)OC(C)(C)C)CC1. The molecule has 32 heavy (non-hydrogen) atoms. The van der Waals surface area contributed by atoms with Crippen LogP contribution in [0.1, 0.15) is 64.3 Å². The third-order valence-corrected chi connectivity index (χ3v) is 5.21. The minimum Gasteiger partial charge on any atom is -0.444 e. The third kappa shape index (κ3) is 4.99. The summed E-state index contributed by atoms with van der Waals surface area (Å²) in [6.45, 7) is 12.8. The Morgan fingerprint density at radius 2 is 2.06 bits per heavy atom. The molecular weight excluding hydrogens is 412 g/mol. The van der Waals surface area contributed by atoms with Crippen LogP contribution >= 0.6 is 0 Å².